The minimum Gasteiger partial charge on any atom is -0.497 e. The lowest BCUT2D eigenvalue weighted by molar-refractivity contribution is 0.0447. The predicted molar refractivity (Wildman–Crippen MR) is 104 cm³/mol. The van der Waals surface area contributed by atoms with Crippen LogP contribution < -0.4 is 9.47 Å². The zero-order valence-corrected chi connectivity index (χ0v) is 16.8. The molecular weight excluding hydrogens is 384 g/mol. The van der Waals surface area contributed by atoms with E-state index in [1.165, 1.54) is 0 Å². The summed E-state index contributed by atoms with van der Waals surface area (Å²) in [6, 6.07) is 6.70. The molecule has 0 radical (unpaired) electrons. The van der Waals surface area contributed by atoms with Gasteiger partial charge in [0, 0.05) is 25.2 Å². The lowest BCUT2D eigenvalue weighted by Gasteiger charge is -2.33. The number of piperidine rings is 1. The van der Waals surface area contributed by atoms with Gasteiger partial charge in [-0.05, 0) is 37.3 Å². The van der Waals surface area contributed by atoms with Crippen LogP contribution in [0.2, 0.25) is 5.02 Å². The molecular formula is C20H25ClN2O5. The van der Waals surface area contributed by atoms with Gasteiger partial charge in [0.1, 0.15) is 18.1 Å². The van der Waals surface area contributed by atoms with E-state index < -0.39 is 0 Å². The number of nitrogens with zero attached hydrogens (tertiary/aromatic N) is 2. The highest BCUT2D eigenvalue weighted by atomic mass is 35.5. The number of hydrogen-bond acceptors (Lipinski definition) is 6. The van der Waals surface area contributed by atoms with Crippen molar-refractivity contribution in [2.45, 2.75) is 38.9 Å². The SMILES string of the molecule is CCC(O)C1CCN(C(=O)c2cc(COc3ccc(OC)cc3Cl)on2)CC1. The van der Waals surface area contributed by atoms with E-state index in [1.54, 1.807) is 36.3 Å². The molecule has 0 bridgehead atoms. The molecule has 1 aromatic carbocycles. The third-order valence-electron chi connectivity index (χ3n) is 5.08. The Bertz CT molecular complexity index is 802. The first-order chi connectivity index (χ1) is 13.5. The largest absolute Gasteiger partial charge is 0.497 e. The van der Waals surface area contributed by atoms with Crippen LogP contribution in [0.1, 0.15) is 42.4 Å². The van der Waals surface area contributed by atoms with Crippen molar-refractivity contribution in [3.63, 3.8) is 0 Å². The van der Waals surface area contributed by atoms with Gasteiger partial charge in [0.2, 0.25) is 0 Å². The Morgan fingerprint density at radius 2 is 2.14 bits per heavy atom. The highest BCUT2D eigenvalue weighted by Crippen LogP contribution is 2.29. The molecule has 1 fully saturated rings. The quantitative estimate of drug-likeness (QED) is 0.754. The average Bonchev–Trinajstić information content (AvgIpc) is 3.20. The van der Waals surface area contributed by atoms with Gasteiger partial charge in [-0.2, -0.15) is 0 Å². The van der Waals surface area contributed by atoms with Crippen LogP contribution in [-0.2, 0) is 6.61 Å². The molecule has 1 amide bonds. The maximum absolute atomic E-state index is 12.6. The highest BCUT2D eigenvalue weighted by molar-refractivity contribution is 6.32. The van der Waals surface area contributed by atoms with Crippen molar-refractivity contribution in [2.75, 3.05) is 20.2 Å². The average molecular weight is 409 g/mol. The standard InChI is InChI=1S/C20H25ClN2O5/c1-3-18(24)13-6-8-23(9-7-13)20(25)17-11-15(28-22-17)12-27-19-5-4-14(26-2)10-16(19)21/h4-5,10-11,13,18,24H,3,6-9,12H2,1-2H3. The number of benzene rings is 1. The van der Waals surface area contributed by atoms with Crippen molar-refractivity contribution in [1.82, 2.24) is 10.1 Å². The zero-order chi connectivity index (χ0) is 20.1. The summed E-state index contributed by atoms with van der Waals surface area (Å²) in [7, 11) is 1.56. The molecule has 1 atom stereocenters. The minimum atomic E-state index is -0.294. The summed E-state index contributed by atoms with van der Waals surface area (Å²) in [6.07, 6.45) is 2.04. The molecule has 1 aliphatic heterocycles. The fourth-order valence-corrected chi connectivity index (χ4v) is 3.56. The number of methoxy groups -OCH3 is 1. The second kappa shape index (κ2) is 9.30. The van der Waals surface area contributed by atoms with E-state index in [9.17, 15) is 9.90 Å². The van der Waals surface area contributed by atoms with E-state index in [4.69, 9.17) is 25.6 Å². The van der Waals surface area contributed by atoms with Crippen LogP contribution in [0.4, 0.5) is 0 Å². The van der Waals surface area contributed by atoms with Crippen LogP contribution in [0.15, 0.2) is 28.8 Å². The molecule has 2 aromatic rings. The number of carbonyl (C=O) groups excluding carboxylic acids is 1. The number of hydrogen-bond donors (Lipinski definition) is 1. The van der Waals surface area contributed by atoms with Gasteiger partial charge in [0.15, 0.2) is 11.5 Å². The highest BCUT2D eigenvalue weighted by Gasteiger charge is 2.28. The van der Waals surface area contributed by atoms with E-state index in [2.05, 4.69) is 5.16 Å². The first kappa shape index (κ1) is 20.5. The number of aliphatic hydroxyl groups excluding tert-OH is 1. The van der Waals surface area contributed by atoms with Gasteiger partial charge in [-0.3, -0.25) is 4.79 Å². The molecule has 7 nitrogen and oxygen atoms in total. The monoisotopic (exact) mass is 408 g/mol. The van der Waals surface area contributed by atoms with Crippen LogP contribution in [0.25, 0.3) is 0 Å². The van der Waals surface area contributed by atoms with Gasteiger partial charge in [-0.25, -0.2) is 0 Å². The Hall–Kier alpha value is -2.25. The molecule has 2 heterocycles. The number of aromatic nitrogens is 1. The number of ether oxygens (including phenoxy) is 2. The van der Waals surface area contributed by atoms with E-state index in [0.717, 1.165) is 19.3 Å². The molecule has 1 unspecified atom stereocenters. The first-order valence-electron chi connectivity index (χ1n) is 9.41. The molecule has 152 valence electrons. The third kappa shape index (κ3) is 4.77. The summed E-state index contributed by atoms with van der Waals surface area (Å²) < 4.78 is 16.0. The molecule has 1 saturated heterocycles. The summed E-state index contributed by atoms with van der Waals surface area (Å²) in [5.74, 6) is 1.65. The van der Waals surface area contributed by atoms with Gasteiger partial charge in [0.05, 0.1) is 18.2 Å². The van der Waals surface area contributed by atoms with Gasteiger partial charge in [-0.15, -0.1) is 0 Å². The Morgan fingerprint density at radius 3 is 2.79 bits per heavy atom. The number of halogens is 1. The maximum atomic E-state index is 12.6. The van der Waals surface area contributed by atoms with Gasteiger partial charge < -0.3 is 24.0 Å². The van der Waals surface area contributed by atoms with Crippen molar-refractivity contribution >= 4 is 17.5 Å². The van der Waals surface area contributed by atoms with E-state index in [-0.39, 0.29) is 30.2 Å². The molecule has 0 spiro atoms. The lowest BCUT2D eigenvalue weighted by atomic mass is 9.90. The fraction of sp³-hybridized carbons (Fsp3) is 0.500. The van der Waals surface area contributed by atoms with Crippen LogP contribution in [-0.4, -0.2) is 47.4 Å². The first-order valence-corrected chi connectivity index (χ1v) is 9.78. The lowest BCUT2D eigenvalue weighted by Crippen LogP contribution is -2.41. The van der Waals surface area contributed by atoms with Crippen molar-refractivity contribution in [3.05, 3.63) is 40.7 Å². The van der Waals surface area contributed by atoms with Gasteiger partial charge in [-0.1, -0.05) is 23.7 Å². The van der Waals surface area contributed by atoms with Crippen LogP contribution in [0, 0.1) is 5.92 Å². The Labute approximate surface area is 169 Å². The summed E-state index contributed by atoms with van der Waals surface area (Å²) >= 11 is 6.15. The zero-order valence-electron chi connectivity index (χ0n) is 16.1. The fourth-order valence-electron chi connectivity index (χ4n) is 3.34. The Balaban J connectivity index is 1.54. The van der Waals surface area contributed by atoms with Crippen LogP contribution in [0.5, 0.6) is 11.5 Å². The summed E-state index contributed by atoms with van der Waals surface area (Å²) in [5.41, 5.74) is 0.258. The topological polar surface area (TPSA) is 85.0 Å². The number of carbonyl (C=O) groups is 1. The Kier molecular flexibility index (Phi) is 6.80. The van der Waals surface area contributed by atoms with E-state index >= 15 is 0 Å². The van der Waals surface area contributed by atoms with Crippen LogP contribution >= 0.6 is 11.6 Å². The normalized spacial score (nSPS) is 16.1. The minimum absolute atomic E-state index is 0.108. The van der Waals surface area contributed by atoms with Crippen molar-refractivity contribution in [1.29, 1.82) is 0 Å². The van der Waals surface area contributed by atoms with Crippen molar-refractivity contribution in [2.24, 2.45) is 5.92 Å². The third-order valence-corrected chi connectivity index (χ3v) is 5.37. The van der Waals surface area contributed by atoms with Crippen molar-refractivity contribution < 1.29 is 23.9 Å². The maximum Gasteiger partial charge on any atom is 0.276 e. The molecule has 0 saturated carbocycles. The number of aliphatic hydroxyl groups is 1. The molecule has 1 aliphatic rings. The second-order valence-corrected chi connectivity index (χ2v) is 7.28. The predicted octanol–water partition coefficient (Wildman–Crippen LogP) is 3.54. The Morgan fingerprint density at radius 1 is 1.39 bits per heavy atom. The van der Waals surface area contributed by atoms with Crippen LogP contribution in [0.3, 0.4) is 0 Å². The smallest absolute Gasteiger partial charge is 0.276 e. The molecule has 1 N–H and O–H groups in total. The second-order valence-electron chi connectivity index (χ2n) is 6.87. The molecule has 8 heteroatoms. The van der Waals surface area contributed by atoms with E-state index in [1.807, 2.05) is 6.92 Å². The van der Waals surface area contributed by atoms with E-state index in [0.29, 0.717) is 35.4 Å². The van der Waals surface area contributed by atoms with Gasteiger partial charge >= 0.3 is 0 Å². The number of amides is 1. The number of likely N-dealkylation sites (tertiary alicyclic amines) is 1. The molecule has 3 rings (SSSR count). The molecule has 28 heavy (non-hydrogen) atoms. The molecule has 1 aromatic heterocycles. The summed E-state index contributed by atoms with van der Waals surface area (Å²) in [6.45, 7) is 3.30. The summed E-state index contributed by atoms with van der Waals surface area (Å²) in [4.78, 5) is 14.4. The van der Waals surface area contributed by atoms with Crippen molar-refractivity contribution in [3.8, 4) is 11.5 Å². The number of rotatable bonds is 7. The summed E-state index contributed by atoms with van der Waals surface area (Å²) in [5, 5.41) is 14.3. The van der Waals surface area contributed by atoms with Gasteiger partial charge in [0.25, 0.3) is 5.91 Å². The molecule has 0 aliphatic carbocycles.